The van der Waals surface area contributed by atoms with Crippen LogP contribution in [0.3, 0.4) is 0 Å². The number of nitrogens with one attached hydrogen (secondary N) is 1. The van der Waals surface area contributed by atoms with Gasteiger partial charge >= 0.3 is 5.97 Å². The minimum Gasteiger partial charge on any atom is -0.480 e. The van der Waals surface area contributed by atoms with Gasteiger partial charge in [0.25, 0.3) is 0 Å². The van der Waals surface area contributed by atoms with E-state index in [2.05, 4.69) is 5.32 Å². The van der Waals surface area contributed by atoms with Crippen molar-refractivity contribution < 1.29 is 14.7 Å². The van der Waals surface area contributed by atoms with Crippen LogP contribution >= 0.6 is 0 Å². The van der Waals surface area contributed by atoms with Gasteiger partial charge in [-0.1, -0.05) is 27.7 Å². The van der Waals surface area contributed by atoms with Crippen LogP contribution in [0.4, 0.5) is 0 Å². The largest absolute Gasteiger partial charge is 0.480 e. The third-order valence-corrected chi connectivity index (χ3v) is 3.00. The van der Waals surface area contributed by atoms with Crippen LogP contribution in [0.1, 0.15) is 40.5 Å². The first-order chi connectivity index (χ1) is 7.30. The van der Waals surface area contributed by atoms with Crippen LogP contribution in [0, 0.1) is 5.92 Å². The maximum atomic E-state index is 11.7. The highest BCUT2D eigenvalue weighted by molar-refractivity contribution is 5.89. The van der Waals surface area contributed by atoms with Gasteiger partial charge in [0.15, 0.2) is 0 Å². The molecular weight excluding hydrogens is 208 g/mol. The van der Waals surface area contributed by atoms with Gasteiger partial charge < -0.3 is 16.2 Å². The molecule has 0 heterocycles. The zero-order valence-corrected chi connectivity index (χ0v) is 10.4. The van der Waals surface area contributed by atoms with Crippen LogP contribution < -0.4 is 11.1 Å². The summed E-state index contributed by atoms with van der Waals surface area (Å²) in [6.45, 7) is 7.12. The van der Waals surface area contributed by atoms with E-state index in [1.807, 2.05) is 13.8 Å². The summed E-state index contributed by atoms with van der Waals surface area (Å²) in [5.74, 6) is -1.43. The Morgan fingerprint density at radius 1 is 1.31 bits per heavy atom. The van der Waals surface area contributed by atoms with Crippen LogP contribution in [-0.4, -0.2) is 28.6 Å². The van der Waals surface area contributed by atoms with Crippen molar-refractivity contribution in [2.75, 3.05) is 0 Å². The molecule has 16 heavy (non-hydrogen) atoms. The fraction of sp³-hybridized carbons (Fsp3) is 0.818. The van der Waals surface area contributed by atoms with Crippen molar-refractivity contribution in [2.24, 2.45) is 11.7 Å². The molecular formula is C11H22N2O3. The normalized spacial score (nSPS) is 13.6. The first-order valence-corrected chi connectivity index (χ1v) is 5.61. The standard InChI is InChI=1S/C11H22N2O3/c1-5-11(6-2,10(15)16)13-9(14)8(12)7(3)4/h7-8H,5-6,12H2,1-4H3,(H,13,14)(H,15,16)/t8-/m1/s1. The molecule has 0 fully saturated rings. The molecule has 0 spiro atoms. The van der Waals surface area contributed by atoms with Crippen molar-refractivity contribution in [2.45, 2.75) is 52.1 Å². The van der Waals surface area contributed by atoms with Crippen LogP contribution in [-0.2, 0) is 9.59 Å². The van der Waals surface area contributed by atoms with E-state index < -0.39 is 23.5 Å². The molecule has 0 saturated heterocycles. The van der Waals surface area contributed by atoms with Crippen LogP contribution in [0.25, 0.3) is 0 Å². The Balaban J connectivity index is 4.77. The van der Waals surface area contributed by atoms with Crippen molar-refractivity contribution in [3.05, 3.63) is 0 Å². The molecule has 0 bridgehead atoms. The van der Waals surface area contributed by atoms with Gasteiger partial charge in [0.2, 0.25) is 5.91 Å². The van der Waals surface area contributed by atoms with Crippen molar-refractivity contribution in [3.63, 3.8) is 0 Å². The number of carbonyl (C=O) groups excluding carboxylic acids is 1. The smallest absolute Gasteiger partial charge is 0.329 e. The quantitative estimate of drug-likeness (QED) is 0.627. The lowest BCUT2D eigenvalue weighted by Gasteiger charge is -2.30. The SMILES string of the molecule is CCC(CC)(NC(=O)[C@H](N)C(C)C)C(=O)O. The first-order valence-electron chi connectivity index (χ1n) is 5.61. The number of amides is 1. The van der Waals surface area contributed by atoms with Gasteiger partial charge in [-0.25, -0.2) is 4.79 Å². The molecule has 0 rings (SSSR count). The number of rotatable bonds is 6. The Hall–Kier alpha value is -1.10. The van der Waals surface area contributed by atoms with Gasteiger partial charge in [0.05, 0.1) is 6.04 Å². The van der Waals surface area contributed by atoms with E-state index in [4.69, 9.17) is 10.8 Å². The maximum absolute atomic E-state index is 11.7. The van der Waals surface area contributed by atoms with Gasteiger partial charge in [0, 0.05) is 0 Å². The molecule has 0 aromatic heterocycles. The zero-order chi connectivity index (χ0) is 12.9. The van der Waals surface area contributed by atoms with E-state index in [-0.39, 0.29) is 5.92 Å². The lowest BCUT2D eigenvalue weighted by molar-refractivity contribution is -0.148. The predicted molar refractivity (Wildman–Crippen MR) is 61.9 cm³/mol. The minimum atomic E-state index is -1.19. The Morgan fingerprint density at radius 2 is 1.75 bits per heavy atom. The summed E-state index contributed by atoms with van der Waals surface area (Å²) < 4.78 is 0. The van der Waals surface area contributed by atoms with Crippen molar-refractivity contribution in [1.29, 1.82) is 0 Å². The minimum absolute atomic E-state index is 0.0137. The summed E-state index contributed by atoms with van der Waals surface area (Å²) in [6, 6.07) is -0.670. The third kappa shape index (κ3) is 3.20. The highest BCUT2D eigenvalue weighted by atomic mass is 16.4. The molecule has 0 radical (unpaired) electrons. The molecule has 1 atom stereocenters. The van der Waals surface area contributed by atoms with E-state index in [9.17, 15) is 9.59 Å². The fourth-order valence-electron chi connectivity index (χ4n) is 1.40. The van der Waals surface area contributed by atoms with E-state index in [1.54, 1.807) is 13.8 Å². The summed E-state index contributed by atoms with van der Waals surface area (Å²) in [7, 11) is 0. The number of aliphatic carboxylic acids is 1. The van der Waals surface area contributed by atoms with Crippen molar-refractivity contribution in [3.8, 4) is 0 Å². The molecule has 0 saturated carbocycles. The molecule has 5 nitrogen and oxygen atoms in total. The van der Waals surface area contributed by atoms with Crippen LogP contribution in [0.5, 0.6) is 0 Å². The summed E-state index contributed by atoms with van der Waals surface area (Å²) in [4.78, 5) is 22.9. The predicted octanol–water partition coefficient (Wildman–Crippen LogP) is 0.729. The Bertz CT molecular complexity index is 260. The van der Waals surface area contributed by atoms with Gasteiger partial charge in [-0.2, -0.15) is 0 Å². The average Bonchev–Trinajstić information content (AvgIpc) is 2.23. The van der Waals surface area contributed by atoms with Gasteiger partial charge in [-0.05, 0) is 18.8 Å². The Labute approximate surface area is 96.4 Å². The molecule has 4 N–H and O–H groups in total. The lowest BCUT2D eigenvalue weighted by Crippen LogP contribution is -2.58. The topological polar surface area (TPSA) is 92.4 Å². The molecule has 0 unspecified atom stereocenters. The number of carboxylic acids is 1. The van der Waals surface area contributed by atoms with E-state index in [0.29, 0.717) is 12.8 Å². The van der Waals surface area contributed by atoms with Gasteiger partial charge in [-0.3, -0.25) is 4.79 Å². The summed E-state index contributed by atoms with van der Waals surface area (Å²) in [5, 5.41) is 11.7. The van der Waals surface area contributed by atoms with Crippen LogP contribution in [0.15, 0.2) is 0 Å². The summed E-state index contributed by atoms with van der Waals surface area (Å²) in [5.41, 5.74) is 4.48. The second-order valence-corrected chi connectivity index (χ2v) is 4.35. The number of hydrogen-bond donors (Lipinski definition) is 3. The summed E-state index contributed by atoms with van der Waals surface area (Å²) in [6.07, 6.45) is 0.685. The molecule has 0 aliphatic heterocycles. The lowest BCUT2D eigenvalue weighted by atomic mass is 9.91. The molecule has 0 aromatic rings. The monoisotopic (exact) mass is 230 g/mol. The molecule has 1 amide bonds. The molecule has 0 aromatic carbocycles. The van der Waals surface area contributed by atoms with E-state index >= 15 is 0 Å². The zero-order valence-electron chi connectivity index (χ0n) is 10.4. The maximum Gasteiger partial charge on any atom is 0.329 e. The molecule has 94 valence electrons. The second-order valence-electron chi connectivity index (χ2n) is 4.35. The highest BCUT2D eigenvalue weighted by Gasteiger charge is 2.37. The molecule has 5 heteroatoms. The number of hydrogen-bond acceptors (Lipinski definition) is 3. The van der Waals surface area contributed by atoms with Gasteiger partial charge in [-0.15, -0.1) is 0 Å². The van der Waals surface area contributed by atoms with E-state index in [1.165, 1.54) is 0 Å². The van der Waals surface area contributed by atoms with E-state index in [0.717, 1.165) is 0 Å². The highest BCUT2D eigenvalue weighted by Crippen LogP contribution is 2.16. The van der Waals surface area contributed by atoms with Crippen molar-refractivity contribution >= 4 is 11.9 Å². The second kappa shape index (κ2) is 5.84. The number of carbonyl (C=O) groups is 2. The average molecular weight is 230 g/mol. The Kier molecular flexibility index (Phi) is 5.44. The Morgan fingerprint density at radius 3 is 2.00 bits per heavy atom. The van der Waals surface area contributed by atoms with Gasteiger partial charge in [0.1, 0.15) is 5.54 Å². The summed E-state index contributed by atoms with van der Waals surface area (Å²) >= 11 is 0. The molecule has 0 aliphatic rings. The number of carboxylic acid groups (broad SMARTS) is 1. The number of nitrogens with two attached hydrogens (primary N) is 1. The third-order valence-electron chi connectivity index (χ3n) is 3.00. The first kappa shape index (κ1) is 14.9. The van der Waals surface area contributed by atoms with Crippen LogP contribution in [0.2, 0.25) is 0 Å². The van der Waals surface area contributed by atoms with Crippen molar-refractivity contribution in [1.82, 2.24) is 5.32 Å². The molecule has 0 aliphatic carbocycles. The fourth-order valence-corrected chi connectivity index (χ4v) is 1.40.